The van der Waals surface area contributed by atoms with Crippen LogP contribution in [-0.2, 0) is 9.53 Å². The van der Waals surface area contributed by atoms with Crippen molar-refractivity contribution in [1.82, 2.24) is 4.90 Å². The van der Waals surface area contributed by atoms with Crippen molar-refractivity contribution in [1.29, 1.82) is 5.26 Å². The molecule has 0 aliphatic rings. The Kier molecular flexibility index (Phi) is 7.65. The minimum Gasteiger partial charge on any atom is -0.381 e. The molecule has 0 fully saturated rings. The van der Waals surface area contributed by atoms with E-state index in [0.717, 1.165) is 6.42 Å². The number of carbonyl (C=O) groups excluding carboxylic acids is 1. The van der Waals surface area contributed by atoms with E-state index in [0.29, 0.717) is 26.1 Å². The highest BCUT2D eigenvalue weighted by atomic mass is 16.5. The van der Waals surface area contributed by atoms with Gasteiger partial charge in [0, 0.05) is 19.7 Å². The molecular formula is C11H20N2O2. The van der Waals surface area contributed by atoms with E-state index < -0.39 is 0 Å². The predicted molar refractivity (Wildman–Crippen MR) is 58.2 cm³/mol. The lowest BCUT2D eigenvalue weighted by Gasteiger charge is -2.22. The Bertz CT molecular complexity index is 223. The van der Waals surface area contributed by atoms with Crippen molar-refractivity contribution in [2.45, 2.75) is 39.2 Å². The maximum Gasteiger partial charge on any atom is 0.224 e. The fourth-order valence-corrected chi connectivity index (χ4v) is 1.10. The van der Waals surface area contributed by atoms with Gasteiger partial charge in [-0.3, -0.25) is 4.79 Å². The summed E-state index contributed by atoms with van der Waals surface area (Å²) in [4.78, 5) is 13.2. The predicted octanol–water partition coefficient (Wildman–Crippen LogP) is 1.56. The summed E-state index contributed by atoms with van der Waals surface area (Å²) in [6, 6.07) is 2.03. The second-order valence-electron chi connectivity index (χ2n) is 3.58. The van der Waals surface area contributed by atoms with Gasteiger partial charge in [0.1, 0.15) is 0 Å². The lowest BCUT2D eigenvalue weighted by Crippen LogP contribution is -2.35. The van der Waals surface area contributed by atoms with Crippen molar-refractivity contribution < 1.29 is 9.53 Å². The first-order valence-electron chi connectivity index (χ1n) is 5.33. The number of nitrogens with zero attached hydrogens (tertiary/aromatic N) is 2. The Labute approximate surface area is 91.8 Å². The molecule has 0 aromatic carbocycles. The molecule has 0 radical (unpaired) electrons. The maximum atomic E-state index is 11.6. The van der Waals surface area contributed by atoms with E-state index >= 15 is 0 Å². The van der Waals surface area contributed by atoms with Crippen molar-refractivity contribution in [3.8, 4) is 6.07 Å². The Hall–Kier alpha value is -1.08. The fraction of sp³-hybridized carbons (Fsp3) is 0.818. The van der Waals surface area contributed by atoms with E-state index in [4.69, 9.17) is 10.00 Å². The van der Waals surface area contributed by atoms with Gasteiger partial charge >= 0.3 is 0 Å². The van der Waals surface area contributed by atoms with Crippen LogP contribution in [0.4, 0.5) is 0 Å². The molecule has 0 aliphatic heterocycles. The van der Waals surface area contributed by atoms with E-state index in [1.807, 2.05) is 13.8 Å². The number of hydrogen-bond donors (Lipinski definition) is 0. The Morgan fingerprint density at radius 3 is 2.73 bits per heavy atom. The lowest BCUT2D eigenvalue weighted by atomic mass is 10.2. The first-order chi connectivity index (χ1) is 7.13. The highest BCUT2D eigenvalue weighted by Gasteiger charge is 2.14. The van der Waals surface area contributed by atoms with Crippen LogP contribution in [0.1, 0.15) is 33.1 Å². The molecule has 0 spiro atoms. The molecule has 4 heteroatoms. The van der Waals surface area contributed by atoms with Crippen molar-refractivity contribution in [3.63, 3.8) is 0 Å². The average molecular weight is 212 g/mol. The van der Waals surface area contributed by atoms with Crippen LogP contribution >= 0.6 is 0 Å². The maximum absolute atomic E-state index is 11.6. The Morgan fingerprint density at radius 1 is 1.53 bits per heavy atom. The molecular weight excluding hydrogens is 192 g/mol. The molecule has 0 aromatic heterocycles. The summed E-state index contributed by atoms with van der Waals surface area (Å²) >= 11 is 0. The van der Waals surface area contributed by atoms with Crippen LogP contribution in [0.15, 0.2) is 0 Å². The molecule has 0 bridgehead atoms. The molecule has 0 heterocycles. The molecule has 0 saturated carbocycles. The van der Waals surface area contributed by atoms with Crippen molar-refractivity contribution >= 4 is 5.91 Å². The summed E-state index contributed by atoms with van der Waals surface area (Å²) in [6.07, 6.45) is 1.74. The summed E-state index contributed by atoms with van der Waals surface area (Å²) < 4.78 is 5.23. The molecule has 4 nitrogen and oxygen atoms in total. The normalized spacial score (nSPS) is 11.9. The number of amides is 1. The molecule has 1 unspecified atom stereocenters. The molecule has 0 aromatic rings. The van der Waals surface area contributed by atoms with Crippen LogP contribution in [0.3, 0.4) is 0 Å². The highest BCUT2D eigenvalue weighted by molar-refractivity contribution is 5.76. The minimum absolute atomic E-state index is 0.0197. The van der Waals surface area contributed by atoms with Gasteiger partial charge in [-0.15, -0.1) is 0 Å². The van der Waals surface area contributed by atoms with Gasteiger partial charge in [0.15, 0.2) is 0 Å². The monoisotopic (exact) mass is 212 g/mol. The SMILES string of the molecule is CCCOCCC(=O)N(C)C(C)CC#N. The van der Waals surface area contributed by atoms with Crippen LogP contribution in [0.2, 0.25) is 0 Å². The number of rotatable bonds is 7. The fourth-order valence-electron chi connectivity index (χ4n) is 1.10. The van der Waals surface area contributed by atoms with Crippen LogP contribution in [0, 0.1) is 11.3 Å². The summed E-state index contributed by atoms with van der Waals surface area (Å²) in [5, 5.41) is 8.50. The van der Waals surface area contributed by atoms with Gasteiger partial charge in [0.25, 0.3) is 0 Å². The summed E-state index contributed by atoms with van der Waals surface area (Å²) in [5.74, 6) is 0.0360. The van der Waals surface area contributed by atoms with Gasteiger partial charge in [-0.05, 0) is 13.3 Å². The van der Waals surface area contributed by atoms with Gasteiger partial charge < -0.3 is 9.64 Å². The molecule has 0 aliphatic carbocycles. The zero-order valence-electron chi connectivity index (χ0n) is 9.82. The van der Waals surface area contributed by atoms with Gasteiger partial charge in [-0.25, -0.2) is 0 Å². The molecule has 86 valence electrons. The van der Waals surface area contributed by atoms with Gasteiger partial charge in [0.2, 0.25) is 5.91 Å². The minimum atomic E-state index is -0.0197. The third-order valence-electron chi connectivity index (χ3n) is 2.25. The largest absolute Gasteiger partial charge is 0.381 e. The van der Waals surface area contributed by atoms with Crippen LogP contribution < -0.4 is 0 Å². The van der Waals surface area contributed by atoms with Crippen molar-refractivity contribution in [2.75, 3.05) is 20.3 Å². The first kappa shape index (κ1) is 13.9. The second-order valence-corrected chi connectivity index (χ2v) is 3.58. The van der Waals surface area contributed by atoms with E-state index in [-0.39, 0.29) is 11.9 Å². The zero-order chi connectivity index (χ0) is 11.7. The van der Waals surface area contributed by atoms with Gasteiger partial charge in [-0.2, -0.15) is 5.26 Å². The van der Waals surface area contributed by atoms with Crippen LogP contribution in [0.5, 0.6) is 0 Å². The van der Waals surface area contributed by atoms with Crippen molar-refractivity contribution in [3.05, 3.63) is 0 Å². The number of ether oxygens (including phenoxy) is 1. The van der Waals surface area contributed by atoms with E-state index in [1.54, 1.807) is 11.9 Å². The van der Waals surface area contributed by atoms with E-state index in [1.165, 1.54) is 0 Å². The number of carbonyl (C=O) groups is 1. The summed E-state index contributed by atoms with van der Waals surface area (Å²) in [7, 11) is 1.73. The van der Waals surface area contributed by atoms with E-state index in [9.17, 15) is 4.79 Å². The number of hydrogen-bond acceptors (Lipinski definition) is 3. The van der Waals surface area contributed by atoms with Crippen molar-refractivity contribution in [2.24, 2.45) is 0 Å². The molecule has 0 N–H and O–H groups in total. The lowest BCUT2D eigenvalue weighted by molar-refractivity contribution is -0.132. The summed E-state index contributed by atoms with van der Waals surface area (Å²) in [5.41, 5.74) is 0. The Balaban J connectivity index is 3.74. The van der Waals surface area contributed by atoms with Crippen LogP contribution in [-0.4, -0.2) is 37.1 Å². The first-order valence-corrected chi connectivity index (χ1v) is 5.33. The zero-order valence-corrected chi connectivity index (χ0v) is 9.82. The second kappa shape index (κ2) is 8.25. The topological polar surface area (TPSA) is 53.3 Å². The Morgan fingerprint density at radius 2 is 2.20 bits per heavy atom. The molecule has 1 atom stereocenters. The van der Waals surface area contributed by atoms with E-state index in [2.05, 4.69) is 6.07 Å². The molecule has 15 heavy (non-hydrogen) atoms. The summed E-state index contributed by atoms with van der Waals surface area (Å²) in [6.45, 7) is 5.07. The third-order valence-corrected chi connectivity index (χ3v) is 2.25. The third kappa shape index (κ3) is 6.08. The number of nitriles is 1. The van der Waals surface area contributed by atoms with Gasteiger partial charge in [0.05, 0.1) is 25.5 Å². The average Bonchev–Trinajstić information content (AvgIpc) is 2.23. The standard InChI is InChI=1S/C11H20N2O2/c1-4-8-15-9-6-11(14)13(3)10(2)5-7-12/h10H,4-6,8-9H2,1-3H3. The molecule has 0 rings (SSSR count). The quantitative estimate of drug-likeness (QED) is 0.602. The highest BCUT2D eigenvalue weighted by Crippen LogP contribution is 2.02. The van der Waals surface area contributed by atoms with Crippen LogP contribution in [0.25, 0.3) is 0 Å². The smallest absolute Gasteiger partial charge is 0.224 e. The molecule has 1 amide bonds. The molecule has 0 saturated heterocycles. The van der Waals surface area contributed by atoms with Gasteiger partial charge in [-0.1, -0.05) is 6.92 Å².